The van der Waals surface area contributed by atoms with Crippen LogP contribution in [0.15, 0.2) is 0 Å². The molecule has 2 atom stereocenters. The summed E-state index contributed by atoms with van der Waals surface area (Å²) in [5, 5.41) is 9.16. The molecule has 0 spiro atoms. The van der Waals surface area contributed by atoms with Crippen molar-refractivity contribution in [3.63, 3.8) is 0 Å². The molecule has 0 aliphatic heterocycles. The minimum absolute atomic E-state index is 0.170. The van der Waals surface area contributed by atoms with Crippen LogP contribution in [-0.4, -0.2) is 12.7 Å². The summed E-state index contributed by atoms with van der Waals surface area (Å²) in [5.41, 5.74) is 0.170. The molecular weight excluding hydrogens is 174 g/mol. The molecule has 0 heterocycles. The van der Waals surface area contributed by atoms with E-state index in [1.807, 2.05) is 7.11 Å². The Kier molecular flexibility index (Phi) is 1.70. The third kappa shape index (κ3) is 0.995. The molecule has 2 nitrogen and oxygen atoms in total. The lowest BCUT2D eigenvalue weighted by Crippen LogP contribution is -2.55. The van der Waals surface area contributed by atoms with Gasteiger partial charge in [0.15, 0.2) is 0 Å². The summed E-state index contributed by atoms with van der Waals surface area (Å²) in [6, 6.07) is 2.53. The van der Waals surface area contributed by atoms with Crippen LogP contribution in [0.25, 0.3) is 0 Å². The second-order valence-electron chi connectivity index (χ2n) is 5.51. The van der Waals surface area contributed by atoms with E-state index in [0.717, 1.165) is 18.8 Å². The Bertz CT molecular complexity index is 277. The molecule has 2 heteroatoms. The lowest BCUT2D eigenvalue weighted by atomic mass is 9.50. The number of nitrogens with zero attached hydrogens (tertiary/aromatic N) is 1. The maximum Gasteiger partial charge on any atom is 0.0687 e. The fourth-order valence-electron chi connectivity index (χ4n) is 4.41. The third-order valence-electron chi connectivity index (χ3n) is 4.80. The highest BCUT2D eigenvalue weighted by molar-refractivity contribution is 5.11. The number of methoxy groups -OCH3 is 1. The molecule has 4 fully saturated rings. The molecule has 0 N–H and O–H groups in total. The molecular formula is C12H17NO. The van der Waals surface area contributed by atoms with E-state index in [-0.39, 0.29) is 5.60 Å². The van der Waals surface area contributed by atoms with Gasteiger partial charge in [0.05, 0.1) is 17.6 Å². The first-order chi connectivity index (χ1) is 6.76. The molecule has 0 radical (unpaired) electrons. The van der Waals surface area contributed by atoms with Crippen molar-refractivity contribution in [3.05, 3.63) is 0 Å². The number of hydrogen-bond donors (Lipinski definition) is 0. The van der Waals surface area contributed by atoms with Crippen LogP contribution in [0.2, 0.25) is 0 Å². The zero-order chi connectivity index (χ0) is 9.76. The number of nitriles is 1. The van der Waals surface area contributed by atoms with Gasteiger partial charge >= 0.3 is 0 Å². The maximum atomic E-state index is 9.16. The van der Waals surface area contributed by atoms with Crippen molar-refractivity contribution in [2.45, 2.75) is 37.7 Å². The molecule has 2 unspecified atom stereocenters. The summed E-state index contributed by atoms with van der Waals surface area (Å²) in [4.78, 5) is 0. The molecule has 4 saturated carbocycles. The van der Waals surface area contributed by atoms with Crippen LogP contribution in [0.3, 0.4) is 0 Å². The third-order valence-corrected chi connectivity index (χ3v) is 4.80. The van der Waals surface area contributed by atoms with Crippen LogP contribution < -0.4 is 0 Å². The Labute approximate surface area is 85.2 Å². The van der Waals surface area contributed by atoms with Crippen molar-refractivity contribution in [2.75, 3.05) is 7.11 Å². The Morgan fingerprint density at radius 2 is 1.86 bits per heavy atom. The molecule has 0 aromatic rings. The first-order valence-electron chi connectivity index (χ1n) is 5.71. The normalized spacial score (nSPS) is 54.6. The van der Waals surface area contributed by atoms with Crippen LogP contribution in [-0.2, 0) is 4.74 Å². The van der Waals surface area contributed by atoms with Crippen LogP contribution in [0.5, 0.6) is 0 Å². The smallest absolute Gasteiger partial charge is 0.0687 e. The minimum Gasteiger partial charge on any atom is -0.378 e. The van der Waals surface area contributed by atoms with Gasteiger partial charge in [-0.2, -0.15) is 5.26 Å². The number of ether oxygens (including phenoxy) is 1. The van der Waals surface area contributed by atoms with Crippen molar-refractivity contribution < 1.29 is 4.74 Å². The molecule has 0 aromatic carbocycles. The molecule has 4 aliphatic rings. The Balaban J connectivity index is 1.92. The molecule has 0 aromatic heterocycles. The van der Waals surface area contributed by atoms with Gasteiger partial charge in [0.2, 0.25) is 0 Å². The summed E-state index contributed by atoms with van der Waals surface area (Å²) in [7, 11) is 1.86. The number of hydrogen-bond acceptors (Lipinski definition) is 2. The summed E-state index contributed by atoms with van der Waals surface area (Å²) in [6.07, 6.45) is 6.14. The van der Waals surface area contributed by atoms with Crippen molar-refractivity contribution in [3.8, 4) is 6.07 Å². The van der Waals surface area contributed by atoms with E-state index in [2.05, 4.69) is 6.07 Å². The van der Waals surface area contributed by atoms with Crippen molar-refractivity contribution in [2.24, 2.45) is 23.7 Å². The predicted molar refractivity (Wildman–Crippen MR) is 52.4 cm³/mol. The van der Waals surface area contributed by atoms with Gasteiger partial charge in [-0.25, -0.2) is 0 Å². The highest BCUT2D eigenvalue weighted by Gasteiger charge is 2.55. The van der Waals surface area contributed by atoms with Gasteiger partial charge in [0.1, 0.15) is 0 Å². The average Bonchev–Trinajstić information content (AvgIpc) is 2.17. The van der Waals surface area contributed by atoms with E-state index in [9.17, 15) is 0 Å². The molecule has 14 heavy (non-hydrogen) atoms. The monoisotopic (exact) mass is 191 g/mol. The van der Waals surface area contributed by atoms with E-state index in [4.69, 9.17) is 10.00 Å². The predicted octanol–water partition coefficient (Wildman–Crippen LogP) is 2.35. The van der Waals surface area contributed by atoms with Crippen molar-refractivity contribution in [1.29, 1.82) is 5.26 Å². The van der Waals surface area contributed by atoms with Crippen molar-refractivity contribution in [1.82, 2.24) is 0 Å². The first-order valence-corrected chi connectivity index (χ1v) is 5.71. The van der Waals surface area contributed by atoms with Gasteiger partial charge < -0.3 is 4.74 Å². The SMILES string of the molecule is COC12CC3CC(C1)C(C#N)C(C3)C2. The zero-order valence-corrected chi connectivity index (χ0v) is 8.70. The Morgan fingerprint density at radius 3 is 2.36 bits per heavy atom. The number of rotatable bonds is 1. The average molecular weight is 191 g/mol. The van der Waals surface area contributed by atoms with Crippen LogP contribution >= 0.6 is 0 Å². The van der Waals surface area contributed by atoms with Gasteiger partial charge in [0.25, 0.3) is 0 Å². The summed E-state index contributed by atoms with van der Waals surface area (Å²) in [5.74, 6) is 2.49. The van der Waals surface area contributed by atoms with Gasteiger partial charge in [-0.1, -0.05) is 0 Å². The zero-order valence-electron chi connectivity index (χ0n) is 8.70. The van der Waals surface area contributed by atoms with Gasteiger partial charge in [-0.3, -0.25) is 0 Å². The van der Waals surface area contributed by atoms with Gasteiger partial charge in [0, 0.05) is 7.11 Å². The van der Waals surface area contributed by atoms with Gasteiger partial charge in [-0.05, 0) is 49.9 Å². The highest BCUT2D eigenvalue weighted by atomic mass is 16.5. The lowest BCUT2D eigenvalue weighted by molar-refractivity contribution is -0.159. The van der Waals surface area contributed by atoms with E-state index in [0.29, 0.717) is 17.8 Å². The largest absolute Gasteiger partial charge is 0.378 e. The van der Waals surface area contributed by atoms with Crippen LogP contribution in [0, 0.1) is 35.0 Å². The van der Waals surface area contributed by atoms with E-state index in [1.165, 1.54) is 19.3 Å². The standard InChI is InChI=1S/C12H17NO/c1-14-12-4-8-2-9(5-12)11(7-13)10(3-8)6-12/h8-11H,2-6H2,1H3. The molecule has 4 rings (SSSR count). The first kappa shape index (κ1) is 8.73. The molecule has 4 bridgehead atoms. The fraction of sp³-hybridized carbons (Fsp3) is 0.917. The van der Waals surface area contributed by atoms with E-state index in [1.54, 1.807) is 0 Å². The lowest BCUT2D eigenvalue weighted by Gasteiger charge is -2.57. The van der Waals surface area contributed by atoms with Gasteiger partial charge in [-0.15, -0.1) is 0 Å². The fourth-order valence-corrected chi connectivity index (χ4v) is 4.41. The van der Waals surface area contributed by atoms with Crippen LogP contribution in [0.4, 0.5) is 0 Å². The molecule has 76 valence electrons. The summed E-state index contributed by atoms with van der Waals surface area (Å²) in [6.45, 7) is 0. The van der Waals surface area contributed by atoms with Crippen LogP contribution in [0.1, 0.15) is 32.1 Å². The highest BCUT2D eigenvalue weighted by Crippen LogP contribution is 2.59. The molecule has 0 amide bonds. The summed E-state index contributed by atoms with van der Waals surface area (Å²) < 4.78 is 5.73. The minimum atomic E-state index is 0.170. The van der Waals surface area contributed by atoms with Crippen molar-refractivity contribution >= 4 is 0 Å². The quantitative estimate of drug-likeness (QED) is 0.637. The second kappa shape index (κ2) is 2.73. The summed E-state index contributed by atoms with van der Waals surface area (Å²) >= 11 is 0. The van der Waals surface area contributed by atoms with E-state index < -0.39 is 0 Å². The second-order valence-corrected chi connectivity index (χ2v) is 5.51. The molecule has 4 aliphatic carbocycles. The van der Waals surface area contributed by atoms with E-state index >= 15 is 0 Å². The Morgan fingerprint density at radius 1 is 1.21 bits per heavy atom. The molecule has 0 saturated heterocycles. The maximum absolute atomic E-state index is 9.16. The topological polar surface area (TPSA) is 33.0 Å². The Hall–Kier alpha value is -0.550.